The van der Waals surface area contributed by atoms with Crippen LogP contribution in [0.4, 0.5) is 0 Å². The molecule has 6 nitrogen and oxygen atoms in total. The highest BCUT2D eigenvalue weighted by Gasteiger charge is 2.23. The van der Waals surface area contributed by atoms with Crippen molar-refractivity contribution < 1.29 is 14.6 Å². The van der Waals surface area contributed by atoms with E-state index >= 15 is 0 Å². The standard InChI is InChI=1S/C28H39N3O3/c1-20(2)16-30(17-25(32)19-33-21(3)4)18-27-23(6)29-31(24-12-8-7-9-13-24)28(27)34-26-14-10-11-22(5)15-26/h7-15,20-21,25,32H,16-19H2,1-6H3. The highest BCUT2D eigenvalue weighted by Crippen LogP contribution is 2.32. The molecule has 0 saturated heterocycles. The first-order valence-electron chi connectivity index (χ1n) is 12.1. The molecule has 1 unspecified atom stereocenters. The van der Waals surface area contributed by atoms with Crippen LogP contribution in [0.1, 0.15) is 44.5 Å². The van der Waals surface area contributed by atoms with Gasteiger partial charge in [0.15, 0.2) is 0 Å². The lowest BCUT2D eigenvalue weighted by atomic mass is 10.1. The maximum atomic E-state index is 10.6. The number of aliphatic hydroxyl groups is 1. The molecule has 0 aliphatic heterocycles. The Hall–Kier alpha value is -2.67. The minimum Gasteiger partial charge on any atom is -0.439 e. The van der Waals surface area contributed by atoms with Crippen molar-refractivity contribution in [3.63, 3.8) is 0 Å². The molecule has 0 aliphatic rings. The monoisotopic (exact) mass is 465 g/mol. The van der Waals surface area contributed by atoms with Crippen LogP contribution in [0.15, 0.2) is 54.6 Å². The number of hydrogen-bond acceptors (Lipinski definition) is 5. The maximum absolute atomic E-state index is 10.6. The summed E-state index contributed by atoms with van der Waals surface area (Å²) in [5.41, 5.74) is 4.01. The molecule has 0 saturated carbocycles. The Bertz CT molecular complexity index is 1030. The minimum atomic E-state index is -0.563. The Kier molecular flexibility index (Phi) is 9.28. The van der Waals surface area contributed by atoms with E-state index in [0.29, 0.717) is 31.5 Å². The van der Waals surface area contributed by atoms with E-state index in [0.717, 1.165) is 34.8 Å². The molecule has 1 aromatic heterocycles. The van der Waals surface area contributed by atoms with Gasteiger partial charge in [0.1, 0.15) is 5.75 Å². The van der Waals surface area contributed by atoms with E-state index in [2.05, 4.69) is 31.7 Å². The molecule has 3 aromatic rings. The molecule has 1 atom stereocenters. The zero-order valence-corrected chi connectivity index (χ0v) is 21.4. The van der Waals surface area contributed by atoms with Crippen LogP contribution in [0.25, 0.3) is 5.69 Å². The van der Waals surface area contributed by atoms with Crippen LogP contribution in [0.3, 0.4) is 0 Å². The smallest absolute Gasteiger partial charge is 0.227 e. The number of aliphatic hydroxyl groups excluding tert-OH is 1. The summed E-state index contributed by atoms with van der Waals surface area (Å²) in [4.78, 5) is 2.27. The highest BCUT2D eigenvalue weighted by molar-refractivity contribution is 5.43. The van der Waals surface area contributed by atoms with Crippen molar-refractivity contribution in [3.8, 4) is 17.3 Å². The lowest BCUT2D eigenvalue weighted by Gasteiger charge is -2.27. The van der Waals surface area contributed by atoms with Gasteiger partial charge in [0.25, 0.3) is 0 Å². The van der Waals surface area contributed by atoms with Gasteiger partial charge in [0, 0.05) is 19.6 Å². The van der Waals surface area contributed by atoms with Crippen LogP contribution in [-0.2, 0) is 11.3 Å². The van der Waals surface area contributed by atoms with Gasteiger partial charge in [0.05, 0.1) is 35.8 Å². The van der Waals surface area contributed by atoms with E-state index in [1.54, 1.807) is 0 Å². The van der Waals surface area contributed by atoms with Crippen LogP contribution < -0.4 is 4.74 Å². The van der Waals surface area contributed by atoms with Crippen molar-refractivity contribution in [2.75, 3.05) is 19.7 Å². The minimum absolute atomic E-state index is 0.0916. The van der Waals surface area contributed by atoms with Crippen molar-refractivity contribution in [3.05, 3.63) is 71.4 Å². The largest absolute Gasteiger partial charge is 0.439 e. The normalized spacial score (nSPS) is 12.6. The summed E-state index contributed by atoms with van der Waals surface area (Å²) in [5, 5.41) is 15.5. The van der Waals surface area contributed by atoms with Gasteiger partial charge < -0.3 is 14.6 Å². The molecule has 6 heteroatoms. The number of ether oxygens (including phenoxy) is 2. The second kappa shape index (κ2) is 12.2. The van der Waals surface area contributed by atoms with Crippen molar-refractivity contribution in [1.82, 2.24) is 14.7 Å². The summed E-state index contributed by atoms with van der Waals surface area (Å²) in [6.07, 6.45) is -0.472. The first kappa shape index (κ1) is 25.9. The van der Waals surface area contributed by atoms with Crippen LogP contribution in [0, 0.1) is 19.8 Å². The maximum Gasteiger partial charge on any atom is 0.227 e. The molecule has 2 aromatic carbocycles. The zero-order valence-electron chi connectivity index (χ0n) is 21.4. The number of benzene rings is 2. The van der Waals surface area contributed by atoms with Crippen LogP contribution >= 0.6 is 0 Å². The highest BCUT2D eigenvalue weighted by atomic mass is 16.5. The van der Waals surface area contributed by atoms with Gasteiger partial charge in [-0.3, -0.25) is 4.90 Å². The fourth-order valence-electron chi connectivity index (χ4n) is 3.96. The van der Waals surface area contributed by atoms with Gasteiger partial charge in [0.2, 0.25) is 5.88 Å². The Labute approximate surface area is 204 Å². The van der Waals surface area contributed by atoms with Gasteiger partial charge >= 0.3 is 0 Å². The van der Waals surface area contributed by atoms with Crippen LogP contribution in [0.5, 0.6) is 11.6 Å². The molecular formula is C28H39N3O3. The molecule has 34 heavy (non-hydrogen) atoms. The van der Waals surface area contributed by atoms with E-state index in [4.69, 9.17) is 14.6 Å². The molecule has 0 spiro atoms. The summed E-state index contributed by atoms with van der Waals surface area (Å²) in [6.45, 7) is 14.7. The van der Waals surface area contributed by atoms with Gasteiger partial charge in [-0.05, 0) is 63.4 Å². The number of aromatic nitrogens is 2. The number of nitrogens with zero attached hydrogens (tertiary/aromatic N) is 3. The predicted octanol–water partition coefficient (Wildman–Crippen LogP) is 5.53. The lowest BCUT2D eigenvalue weighted by Crippen LogP contribution is -2.37. The van der Waals surface area contributed by atoms with E-state index < -0.39 is 6.10 Å². The van der Waals surface area contributed by atoms with Crippen LogP contribution in [0.2, 0.25) is 0 Å². The molecule has 0 fully saturated rings. The SMILES string of the molecule is Cc1cccc(Oc2c(CN(CC(C)C)CC(O)COC(C)C)c(C)nn2-c2ccccc2)c1. The third-order valence-electron chi connectivity index (χ3n) is 5.44. The molecule has 1 heterocycles. The van der Waals surface area contributed by atoms with Gasteiger partial charge in [-0.2, -0.15) is 5.10 Å². The summed E-state index contributed by atoms with van der Waals surface area (Å²) in [5.74, 6) is 1.93. The molecule has 0 bridgehead atoms. The molecular weight excluding hydrogens is 426 g/mol. The number of aryl methyl sites for hydroxylation is 2. The predicted molar refractivity (Wildman–Crippen MR) is 137 cm³/mol. The Morgan fingerprint density at radius 3 is 2.35 bits per heavy atom. The third kappa shape index (κ3) is 7.42. The average Bonchev–Trinajstić information content (AvgIpc) is 3.07. The summed E-state index contributed by atoms with van der Waals surface area (Å²) in [7, 11) is 0. The van der Waals surface area contributed by atoms with Crippen molar-refractivity contribution in [1.29, 1.82) is 0 Å². The van der Waals surface area contributed by atoms with Gasteiger partial charge in [-0.15, -0.1) is 0 Å². The van der Waals surface area contributed by atoms with E-state index in [1.807, 2.05) is 74.0 Å². The molecule has 0 radical (unpaired) electrons. The second-order valence-electron chi connectivity index (χ2n) is 9.66. The number of hydrogen-bond donors (Lipinski definition) is 1. The molecule has 184 valence electrons. The summed E-state index contributed by atoms with van der Waals surface area (Å²) in [6, 6.07) is 18.1. The van der Waals surface area contributed by atoms with Crippen LogP contribution in [-0.4, -0.2) is 51.7 Å². The number of para-hydroxylation sites is 1. The van der Waals surface area contributed by atoms with E-state index in [1.165, 1.54) is 0 Å². The molecule has 0 aliphatic carbocycles. The summed E-state index contributed by atoms with van der Waals surface area (Å²) < 4.78 is 14.0. The molecule has 0 amide bonds. The van der Waals surface area contributed by atoms with Gasteiger partial charge in [-0.25, -0.2) is 4.68 Å². The van der Waals surface area contributed by atoms with Crippen molar-refractivity contribution in [2.45, 2.75) is 60.3 Å². The lowest BCUT2D eigenvalue weighted by molar-refractivity contribution is -0.0109. The molecule has 3 rings (SSSR count). The quantitative estimate of drug-likeness (QED) is 0.381. The second-order valence-corrected chi connectivity index (χ2v) is 9.66. The average molecular weight is 466 g/mol. The van der Waals surface area contributed by atoms with Crippen molar-refractivity contribution in [2.24, 2.45) is 5.92 Å². The fraction of sp³-hybridized carbons (Fsp3) is 0.464. The Morgan fingerprint density at radius 2 is 1.71 bits per heavy atom. The van der Waals surface area contributed by atoms with Crippen molar-refractivity contribution >= 4 is 0 Å². The Balaban J connectivity index is 1.95. The Morgan fingerprint density at radius 1 is 0.971 bits per heavy atom. The number of rotatable bonds is 12. The third-order valence-corrected chi connectivity index (χ3v) is 5.44. The van der Waals surface area contributed by atoms with Gasteiger partial charge in [-0.1, -0.05) is 44.2 Å². The first-order valence-corrected chi connectivity index (χ1v) is 12.1. The molecule has 1 N–H and O–H groups in total. The van der Waals surface area contributed by atoms with E-state index in [9.17, 15) is 5.11 Å². The van der Waals surface area contributed by atoms with E-state index in [-0.39, 0.29) is 6.10 Å². The first-order chi connectivity index (χ1) is 16.2. The summed E-state index contributed by atoms with van der Waals surface area (Å²) >= 11 is 0. The fourth-order valence-corrected chi connectivity index (χ4v) is 3.96. The zero-order chi connectivity index (χ0) is 24.7. The topological polar surface area (TPSA) is 59.8 Å².